The van der Waals surface area contributed by atoms with Gasteiger partial charge in [0.1, 0.15) is 0 Å². The monoisotopic (exact) mass is 168 g/mol. The minimum Gasteiger partial charge on any atom is -0.341 e. The van der Waals surface area contributed by atoms with Crippen LogP contribution in [0, 0.1) is 0 Å². The van der Waals surface area contributed by atoms with E-state index in [0.717, 1.165) is 0 Å². The molecule has 0 atom stereocenters. The first-order valence-corrected chi connectivity index (χ1v) is 3.77. The average Bonchev–Trinajstić information content (AvgIpc) is 2.49. The van der Waals surface area contributed by atoms with E-state index in [2.05, 4.69) is 10.2 Å². The maximum atomic E-state index is 11.4. The number of rotatable bonds is 2. The van der Waals surface area contributed by atoms with Crippen LogP contribution < -0.4 is 0 Å². The molecule has 66 valence electrons. The molecule has 0 aliphatic rings. The van der Waals surface area contributed by atoms with Crippen LogP contribution in [-0.4, -0.2) is 39.4 Å². The summed E-state index contributed by atoms with van der Waals surface area (Å²) in [6.07, 6.45) is 1.47. The van der Waals surface area contributed by atoms with Crippen molar-refractivity contribution in [3.63, 3.8) is 0 Å². The van der Waals surface area contributed by atoms with E-state index < -0.39 is 0 Å². The zero-order valence-electron chi connectivity index (χ0n) is 7.48. The molecule has 0 fully saturated rings. The van der Waals surface area contributed by atoms with Gasteiger partial charge in [-0.15, -0.1) is 5.10 Å². The summed E-state index contributed by atoms with van der Waals surface area (Å²) in [4.78, 5) is 14.4. The molecule has 0 aromatic carbocycles. The third-order valence-corrected chi connectivity index (χ3v) is 1.64. The van der Waals surface area contributed by atoms with Gasteiger partial charge in [-0.25, -0.2) is 0 Å². The molecule has 1 aromatic heterocycles. The first kappa shape index (κ1) is 8.70. The van der Waals surface area contributed by atoms with Gasteiger partial charge in [-0.1, -0.05) is 0 Å². The van der Waals surface area contributed by atoms with E-state index in [4.69, 9.17) is 0 Å². The largest absolute Gasteiger partial charge is 0.341 e. The summed E-state index contributed by atoms with van der Waals surface area (Å²) >= 11 is 0. The fraction of sp³-hybridized carbons (Fsp3) is 0.571. The zero-order valence-corrected chi connectivity index (χ0v) is 7.48. The molecule has 0 N–H and O–H groups in total. The third kappa shape index (κ3) is 1.61. The Morgan fingerprint density at radius 2 is 2.42 bits per heavy atom. The summed E-state index contributed by atoms with van der Waals surface area (Å²) in [6.45, 7) is 2.59. The van der Waals surface area contributed by atoms with Gasteiger partial charge in [-0.3, -0.25) is 4.79 Å². The lowest BCUT2D eigenvalue weighted by atomic mass is 10.4. The van der Waals surface area contributed by atoms with Crippen LogP contribution in [0.5, 0.6) is 0 Å². The minimum absolute atomic E-state index is 0.0920. The molecule has 0 bridgehead atoms. The number of aromatic nitrogens is 3. The number of hydrogen-bond acceptors (Lipinski definition) is 3. The van der Waals surface area contributed by atoms with Crippen molar-refractivity contribution in [3.05, 3.63) is 11.9 Å². The van der Waals surface area contributed by atoms with Crippen molar-refractivity contribution in [1.29, 1.82) is 0 Å². The quantitative estimate of drug-likeness (QED) is 0.620. The number of amides is 1. The second kappa shape index (κ2) is 3.34. The highest BCUT2D eigenvalue weighted by Crippen LogP contribution is 1.96. The van der Waals surface area contributed by atoms with Crippen molar-refractivity contribution in [3.8, 4) is 0 Å². The molecule has 1 rings (SSSR count). The third-order valence-electron chi connectivity index (χ3n) is 1.64. The van der Waals surface area contributed by atoms with Crippen LogP contribution in [0.1, 0.15) is 17.4 Å². The van der Waals surface area contributed by atoms with Gasteiger partial charge in [0.25, 0.3) is 5.91 Å². The number of carbonyl (C=O) groups is 1. The summed E-state index contributed by atoms with van der Waals surface area (Å²) < 4.78 is 0. The molecule has 0 unspecified atom stereocenters. The molecule has 1 amide bonds. The van der Waals surface area contributed by atoms with E-state index in [1.807, 2.05) is 6.92 Å². The molecule has 0 spiro atoms. The predicted octanol–water partition coefficient (Wildman–Crippen LogP) is -0.0930. The Morgan fingerprint density at radius 1 is 1.75 bits per heavy atom. The lowest BCUT2D eigenvalue weighted by Gasteiger charge is -2.11. The molecule has 0 aliphatic heterocycles. The van der Waals surface area contributed by atoms with Crippen LogP contribution in [0.2, 0.25) is 0 Å². The Balaban J connectivity index is 2.78. The molecule has 0 saturated carbocycles. The van der Waals surface area contributed by atoms with Gasteiger partial charge in [0.05, 0.1) is 6.20 Å². The normalized spacial score (nSPS) is 9.92. The maximum absolute atomic E-state index is 11.4. The van der Waals surface area contributed by atoms with Crippen LogP contribution in [0.25, 0.3) is 0 Å². The molecular formula is C7H12N4O. The van der Waals surface area contributed by atoms with Crippen molar-refractivity contribution >= 4 is 5.91 Å². The van der Waals surface area contributed by atoms with E-state index >= 15 is 0 Å². The average molecular weight is 168 g/mol. The molecule has 5 heteroatoms. The van der Waals surface area contributed by atoms with Gasteiger partial charge in [-0.05, 0) is 6.92 Å². The van der Waals surface area contributed by atoms with Crippen LogP contribution in [0.4, 0.5) is 0 Å². The lowest BCUT2D eigenvalue weighted by molar-refractivity contribution is 0.0796. The first-order chi connectivity index (χ1) is 5.65. The highest BCUT2D eigenvalue weighted by Gasteiger charge is 2.12. The summed E-state index contributed by atoms with van der Waals surface area (Å²) in [5.74, 6) is -0.0920. The first-order valence-electron chi connectivity index (χ1n) is 3.77. The second-order valence-electron chi connectivity index (χ2n) is 2.54. The second-order valence-corrected chi connectivity index (χ2v) is 2.54. The summed E-state index contributed by atoms with van der Waals surface area (Å²) in [6, 6.07) is 0. The standard InChI is InChI=1S/C7H12N4O/c1-4-10(2)7(12)6-5-8-11(3)9-6/h5H,4H2,1-3H3. The fourth-order valence-corrected chi connectivity index (χ4v) is 0.783. The summed E-state index contributed by atoms with van der Waals surface area (Å²) in [5.41, 5.74) is 0.391. The molecule has 1 aromatic rings. The predicted molar refractivity (Wildman–Crippen MR) is 43.6 cm³/mol. The Labute approximate surface area is 71.0 Å². The Hall–Kier alpha value is -1.39. The molecule has 0 radical (unpaired) electrons. The van der Waals surface area contributed by atoms with Crippen molar-refractivity contribution in [2.24, 2.45) is 7.05 Å². The van der Waals surface area contributed by atoms with Crippen molar-refractivity contribution in [2.45, 2.75) is 6.92 Å². The molecule has 1 heterocycles. The molecule has 5 nitrogen and oxygen atoms in total. The Bertz CT molecular complexity index is 281. The Kier molecular flexibility index (Phi) is 2.42. The van der Waals surface area contributed by atoms with E-state index in [-0.39, 0.29) is 5.91 Å². The fourth-order valence-electron chi connectivity index (χ4n) is 0.783. The van der Waals surface area contributed by atoms with E-state index in [1.165, 1.54) is 11.0 Å². The lowest BCUT2D eigenvalue weighted by Crippen LogP contribution is -2.26. The van der Waals surface area contributed by atoms with Gasteiger partial charge in [0, 0.05) is 20.6 Å². The molecule has 0 aliphatic carbocycles. The zero-order chi connectivity index (χ0) is 9.14. The van der Waals surface area contributed by atoms with Gasteiger partial charge in [0.2, 0.25) is 0 Å². The maximum Gasteiger partial charge on any atom is 0.275 e. The SMILES string of the molecule is CCN(C)C(=O)c1cnn(C)n1. The smallest absolute Gasteiger partial charge is 0.275 e. The Morgan fingerprint density at radius 3 is 2.83 bits per heavy atom. The van der Waals surface area contributed by atoms with Gasteiger partial charge in [-0.2, -0.15) is 9.90 Å². The van der Waals surface area contributed by atoms with E-state index in [1.54, 1.807) is 19.0 Å². The van der Waals surface area contributed by atoms with E-state index in [0.29, 0.717) is 12.2 Å². The molecule has 0 saturated heterocycles. The number of carbonyl (C=O) groups excluding carboxylic acids is 1. The van der Waals surface area contributed by atoms with Crippen LogP contribution >= 0.6 is 0 Å². The van der Waals surface area contributed by atoms with Crippen LogP contribution in [-0.2, 0) is 7.05 Å². The van der Waals surface area contributed by atoms with Gasteiger partial charge < -0.3 is 4.90 Å². The minimum atomic E-state index is -0.0920. The molecule has 12 heavy (non-hydrogen) atoms. The van der Waals surface area contributed by atoms with Crippen LogP contribution in [0.3, 0.4) is 0 Å². The number of aryl methyl sites for hydroxylation is 1. The van der Waals surface area contributed by atoms with Crippen molar-refractivity contribution in [2.75, 3.05) is 13.6 Å². The highest BCUT2D eigenvalue weighted by atomic mass is 16.2. The van der Waals surface area contributed by atoms with Crippen molar-refractivity contribution in [1.82, 2.24) is 19.9 Å². The van der Waals surface area contributed by atoms with Gasteiger partial charge in [0.15, 0.2) is 5.69 Å². The number of nitrogens with zero attached hydrogens (tertiary/aromatic N) is 4. The number of hydrogen-bond donors (Lipinski definition) is 0. The summed E-state index contributed by atoms with van der Waals surface area (Å²) in [5, 5.41) is 7.71. The van der Waals surface area contributed by atoms with Crippen LogP contribution in [0.15, 0.2) is 6.20 Å². The topological polar surface area (TPSA) is 51.0 Å². The van der Waals surface area contributed by atoms with E-state index in [9.17, 15) is 4.79 Å². The molecular weight excluding hydrogens is 156 g/mol. The van der Waals surface area contributed by atoms with Crippen molar-refractivity contribution < 1.29 is 4.79 Å². The van der Waals surface area contributed by atoms with Gasteiger partial charge >= 0.3 is 0 Å². The summed E-state index contributed by atoms with van der Waals surface area (Å²) in [7, 11) is 3.42. The highest BCUT2D eigenvalue weighted by molar-refractivity contribution is 5.91.